The van der Waals surface area contributed by atoms with Crippen LogP contribution in [0.25, 0.3) is 10.9 Å². The highest BCUT2D eigenvalue weighted by Gasteiger charge is 2.14. The van der Waals surface area contributed by atoms with Gasteiger partial charge in [-0.25, -0.2) is 4.98 Å². The van der Waals surface area contributed by atoms with Crippen molar-refractivity contribution >= 4 is 28.1 Å². The van der Waals surface area contributed by atoms with E-state index in [1.807, 2.05) is 20.0 Å². The minimum Gasteiger partial charge on any atom is -0.397 e. The average Bonchev–Trinajstić information content (AvgIpc) is 2.76. The second-order valence-corrected chi connectivity index (χ2v) is 5.11. The number of fused-ring (bicyclic) bond motifs is 1. The number of hydrogen-bond donors (Lipinski definition) is 1. The lowest BCUT2D eigenvalue weighted by atomic mass is 10.2. The molecular weight excluding hydrogens is 248 g/mol. The smallest absolute Gasteiger partial charge is 0.135 e. The van der Waals surface area contributed by atoms with Crippen molar-refractivity contribution in [3.63, 3.8) is 0 Å². The molecule has 0 aliphatic rings. The normalized spacial score (nSPS) is 10.9. The van der Waals surface area contributed by atoms with Crippen molar-refractivity contribution in [2.45, 2.75) is 6.92 Å². The van der Waals surface area contributed by atoms with Gasteiger partial charge in [-0.15, -0.1) is 0 Å². The van der Waals surface area contributed by atoms with E-state index in [2.05, 4.69) is 52.0 Å². The fourth-order valence-corrected chi connectivity index (χ4v) is 2.64. The van der Waals surface area contributed by atoms with Gasteiger partial charge in [-0.3, -0.25) is 0 Å². The molecule has 0 aliphatic heterocycles. The van der Waals surface area contributed by atoms with Crippen LogP contribution in [-0.4, -0.2) is 16.6 Å². The van der Waals surface area contributed by atoms with E-state index in [0.29, 0.717) is 5.69 Å². The fourth-order valence-electron chi connectivity index (χ4n) is 2.64. The highest BCUT2D eigenvalue weighted by atomic mass is 15.2. The van der Waals surface area contributed by atoms with E-state index >= 15 is 0 Å². The van der Waals surface area contributed by atoms with Crippen LogP contribution >= 0.6 is 0 Å². The second-order valence-electron chi connectivity index (χ2n) is 5.11. The molecule has 2 heterocycles. The number of pyridine rings is 1. The van der Waals surface area contributed by atoms with Crippen LogP contribution in [0.2, 0.25) is 0 Å². The van der Waals surface area contributed by atoms with Gasteiger partial charge in [0.1, 0.15) is 5.82 Å². The van der Waals surface area contributed by atoms with Crippen LogP contribution in [0.15, 0.2) is 42.7 Å². The van der Waals surface area contributed by atoms with Crippen LogP contribution in [0, 0.1) is 6.92 Å². The first-order valence-corrected chi connectivity index (χ1v) is 6.58. The molecule has 2 N–H and O–H groups in total. The standard InChI is InChI=1S/C16H18N4/c1-11-8-12(17)9-18-16(11)20(3)15-10-19(2)14-7-5-4-6-13(14)15/h4-10H,17H2,1-3H3. The maximum Gasteiger partial charge on any atom is 0.135 e. The van der Waals surface area contributed by atoms with Crippen molar-refractivity contribution in [3.05, 3.63) is 48.3 Å². The maximum atomic E-state index is 5.78. The highest BCUT2D eigenvalue weighted by Crippen LogP contribution is 2.33. The first-order chi connectivity index (χ1) is 9.58. The minimum atomic E-state index is 0.692. The molecule has 20 heavy (non-hydrogen) atoms. The third kappa shape index (κ3) is 1.90. The third-order valence-corrected chi connectivity index (χ3v) is 3.63. The number of para-hydroxylation sites is 1. The zero-order valence-corrected chi connectivity index (χ0v) is 12.0. The number of nitrogens with two attached hydrogens (primary N) is 1. The quantitative estimate of drug-likeness (QED) is 0.774. The van der Waals surface area contributed by atoms with Crippen LogP contribution in [0.5, 0.6) is 0 Å². The van der Waals surface area contributed by atoms with E-state index < -0.39 is 0 Å². The molecule has 2 aromatic heterocycles. The molecule has 0 saturated heterocycles. The van der Waals surface area contributed by atoms with Gasteiger partial charge in [-0.1, -0.05) is 18.2 Å². The van der Waals surface area contributed by atoms with Crippen LogP contribution in [0.4, 0.5) is 17.2 Å². The predicted molar refractivity (Wildman–Crippen MR) is 84.4 cm³/mol. The summed E-state index contributed by atoms with van der Waals surface area (Å²) < 4.78 is 2.13. The van der Waals surface area contributed by atoms with Crippen LogP contribution < -0.4 is 10.6 Å². The fraction of sp³-hybridized carbons (Fsp3) is 0.188. The SMILES string of the molecule is Cc1cc(N)cnc1N(C)c1cn(C)c2ccccc12. The van der Waals surface area contributed by atoms with Gasteiger partial charge >= 0.3 is 0 Å². The lowest BCUT2D eigenvalue weighted by Crippen LogP contribution is -2.12. The number of nitrogen functional groups attached to an aromatic ring is 1. The van der Waals surface area contributed by atoms with Crippen molar-refractivity contribution in [1.29, 1.82) is 0 Å². The van der Waals surface area contributed by atoms with Crippen molar-refractivity contribution < 1.29 is 0 Å². The van der Waals surface area contributed by atoms with Crippen LogP contribution in [-0.2, 0) is 7.05 Å². The van der Waals surface area contributed by atoms with Crippen molar-refractivity contribution in [3.8, 4) is 0 Å². The number of rotatable bonds is 2. The van der Waals surface area contributed by atoms with Gasteiger partial charge in [-0.2, -0.15) is 0 Å². The molecule has 0 aliphatic carbocycles. The van der Waals surface area contributed by atoms with Gasteiger partial charge in [0.05, 0.1) is 17.6 Å². The minimum absolute atomic E-state index is 0.692. The summed E-state index contributed by atoms with van der Waals surface area (Å²) in [6, 6.07) is 10.3. The number of nitrogens with zero attached hydrogens (tertiary/aromatic N) is 3. The van der Waals surface area contributed by atoms with E-state index in [9.17, 15) is 0 Å². The molecule has 0 bridgehead atoms. The van der Waals surface area contributed by atoms with E-state index in [1.165, 1.54) is 10.9 Å². The topological polar surface area (TPSA) is 47.1 Å². The van der Waals surface area contributed by atoms with Crippen molar-refractivity contribution in [2.75, 3.05) is 17.7 Å². The number of hydrogen-bond acceptors (Lipinski definition) is 3. The molecule has 1 aromatic carbocycles. The average molecular weight is 266 g/mol. The first-order valence-electron chi connectivity index (χ1n) is 6.58. The third-order valence-electron chi connectivity index (χ3n) is 3.63. The molecule has 0 atom stereocenters. The Hall–Kier alpha value is -2.49. The molecule has 0 saturated carbocycles. The molecule has 0 fully saturated rings. The Balaban J connectivity index is 2.15. The number of anilines is 3. The van der Waals surface area contributed by atoms with Gasteiger partial charge in [0.2, 0.25) is 0 Å². The summed E-state index contributed by atoms with van der Waals surface area (Å²) in [5.74, 6) is 0.926. The predicted octanol–water partition coefficient (Wildman–Crippen LogP) is 3.23. The summed E-state index contributed by atoms with van der Waals surface area (Å²) in [6.45, 7) is 2.03. The summed E-state index contributed by atoms with van der Waals surface area (Å²) in [7, 11) is 4.09. The largest absolute Gasteiger partial charge is 0.397 e. The Kier molecular flexibility index (Phi) is 2.86. The van der Waals surface area contributed by atoms with E-state index in [-0.39, 0.29) is 0 Å². The number of aryl methyl sites for hydroxylation is 2. The van der Waals surface area contributed by atoms with Gasteiger partial charge in [0.15, 0.2) is 0 Å². The Morgan fingerprint density at radius 3 is 2.75 bits per heavy atom. The molecule has 0 radical (unpaired) electrons. The molecule has 0 unspecified atom stereocenters. The summed E-state index contributed by atoms with van der Waals surface area (Å²) >= 11 is 0. The Bertz CT molecular complexity index is 773. The van der Waals surface area contributed by atoms with E-state index in [1.54, 1.807) is 6.20 Å². The van der Waals surface area contributed by atoms with Crippen molar-refractivity contribution in [2.24, 2.45) is 7.05 Å². The van der Waals surface area contributed by atoms with Crippen molar-refractivity contribution in [1.82, 2.24) is 9.55 Å². The Morgan fingerprint density at radius 1 is 1.25 bits per heavy atom. The summed E-state index contributed by atoms with van der Waals surface area (Å²) in [6.07, 6.45) is 3.83. The molecule has 0 amide bonds. The highest BCUT2D eigenvalue weighted by molar-refractivity contribution is 5.95. The van der Waals surface area contributed by atoms with Gasteiger partial charge in [0, 0.05) is 31.2 Å². The number of benzene rings is 1. The van der Waals surface area contributed by atoms with Crippen LogP contribution in [0.3, 0.4) is 0 Å². The number of aromatic nitrogens is 2. The second kappa shape index (κ2) is 4.56. The van der Waals surface area contributed by atoms with Gasteiger partial charge in [0.25, 0.3) is 0 Å². The molecule has 3 rings (SSSR count). The molecule has 0 spiro atoms. The van der Waals surface area contributed by atoms with E-state index in [0.717, 1.165) is 17.1 Å². The molecule has 102 valence electrons. The van der Waals surface area contributed by atoms with Crippen LogP contribution in [0.1, 0.15) is 5.56 Å². The molecule has 4 nitrogen and oxygen atoms in total. The molecular formula is C16H18N4. The van der Waals surface area contributed by atoms with Gasteiger partial charge < -0.3 is 15.2 Å². The Labute approximate surface area is 118 Å². The zero-order valence-electron chi connectivity index (χ0n) is 12.0. The van der Waals surface area contributed by atoms with Gasteiger partial charge in [-0.05, 0) is 24.6 Å². The lowest BCUT2D eigenvalue weighted by Gasteiger charge is -2.19. The monoisotopic (exact) mass is 266 g/mol. The molecule has 3 aromatic rings. The van der Waals surface area contributed by atoms with E-state index in [4.69, 9.17) is 5.73 Å². The summed E-state index contributed by atoms with van der Waals surface area (Å²) in [5, 5.41) is 1.22. The Morgan fingerprint density at radius 2 is 2.00 bits per heavy atom. The first kappa shape index (κ1) is 12.5. The maximum absolute atomic E-state index is 5.78. The lowest BCUT2D eigenvalue weighted by molar-refractivity contribution is 0.963. The summed E-state index contributed by atoms with van der Waals surface area (Å²) in [5.41, 5.74) is 9.89. The summed E-state index contributed by atoms with van der Waals surface area (Å²) in [4.78, 5) is 6.57. The zero-order chi connectivity index (χ0) is 14.3. The molecule has 4 heteroatoms.